The largest absolute Gasteiger partial charge is 0.480 e. The van der Waals surface area contributed by atoms with Gasteiger partial charge in [-0.05, 0) is 6.42 Å². The van der Waals surface area contributed by atoms with E-state index in [0.717, 1.165) is 0 Å². The molecule has 0 aromatic rings. The van der Waals surface area contributed by atoms with E-state index < -0.39 is 27.9 Å². The van der Waals surface area contributed by atoms with Gasteiger partial charge in [0.2, 0.25) is 5.91 Å². The Morgan fingerprint density at radius 3 is 2.60 bits per heavy atom. The number of carboxylic acids is 1. The van der Waals surface area contributed by atoms with Crippen LogP contribution in [0.25, 0.3) is 0 Å². The highest BCUT2D eigenvalue weighted by atomic mass is 32.2. The summed E-state index contributed by atoms with van der Waals surface area (Å²) in [4.78, 5) is 21.6. The molecule has 0 rings (SSSR count). The number of nitrogens with zero attached hydrogens (tertiary/aromatic N) is 1. The van der Waals surface area contributed by atoms with Gasteiger partial charge in [0.05, 0.1) is 6.07 Å². The molecular weight excluding hydrogens is 220 g/mol. The van der Waals surface area contributed by atoms with E-state index in [-0.39, 0.29) is 18.7 Å². The van der Waals surface area contributed by atoms with Crippen LogP contribution in [0.2, 0.25) is 0 Å². The second-order valence-electron chi connectivity index (χ2n) is 2.70. The molecule has 2 unspecified atom stereocenters. The lowest BCUT2D eigenvalue weighted by Crippen LogP contribution is -2.34. The van der Waals surface area contributed by atoms with E-state index in [2.05, 4.69) is 5.32 Å². The van der Waals surface area contributed by atoms with E-state index in [9.17, 15) is 13.8 Å². The smallest absolute Gasteiger partial charge is 0.319 e. The summed E-state index contributed by atoms with van der Waals surface area (Å²) in [6.07, 6.45) is 0.202. The average molecular weight is 232 g/mol. The fourth-order valence-electron chi connectivity index (χ4n) is 0.892. The Hall–Kier alpha value is -1.42. The molecule has 2 atom stereocenters. The molecule has 0 radical (unpaired) electrons. The second-order valence-corrected chi connectivity index (χ2v) is 4.31. The van der Waals surface area contributed by atoms with Gasteiger partial charge in [0.15, 0.2) is 0 Å². The Morgan fingerprint density at radius 1 is 1.60 bits per heavy atom. The molecule has 0 saturated carbocycles. The topological polar surface area (TPSA) is 107 Å². The van der Waals surface area contributed by atoms with Crippen molar-refractivity contribution in [2.45, 2.75) is 18.6 Å². The van der Waals surface area contributed by atoms with Crippen molar-refractivity contribution in [1.29, 1.82) is 5.26 Å². The third-order valence-electron chi connectivity index (χ3n) is 1.60. The lowest BCUT2D eigenvalue weighted by atomic mass is 10.3. The maximum absolute atomic E-state index is 11.4. The predicted molar refractivity (Wildman–Crippen MR) is 53.3 cm³/mol. The first-order valence-corrected chi connectivity index (χ1v) is 5.64. The zero-order valence-electron chi connectivity index (χ0n) is 8.23. The highest BCUT2D eigenvalue weighted by Crippen LogP contribution is 2.02. The third-order valence-corrected chi connectivity index (χ3v) is 3.32. The molecule has 0 heterocycles. The van der Waals surface area contributed by atoms with Crippen LogP contribution in [-0.4, -0.2) is 38.7 Å². The van der Waals surface area contributed by atoms with E-state index in [0.29, 0.717) is 0 Å². The zero-order chi connectivity index (χ0) is 11.8. The summed E-state index contributed by atoms with van der Waals surface area (Å²) < 4.78 is 11.4. The van der Waals surface area contributed by atoms with Gasteiger partial charge in [-0.25, -0.2) is 0 Å². The molecule has 15 heavy (non-hydrogen) atoms. The van der Waals surface area contributed by atoms with Crippen LogP contribution in [0.5, 0.6) is 0 Å². The van der Waals surface area contributed by atoms with Crippen molar-refractivity contribution < 1.29 is 18.9 Å². The van der Waals surface area contributed by atoms with Crippen molar-refractivity contribution in [1.82, 2.24) is 5.32 Å². The van der Waals surface area contributed by atoms with Crippen molar-refractivity contribution in [2.24, 2.45) is 0 Å². The number of carbonyl (C=O) groups is 2. The molecule has 7 heteroatoms. The first-order valence-electron chi connectivity index (χ1n) is 4.26. The van der Waals surface area contributed by atoms with Gasteiger partial charge in [0, 0.05) is 10.8 Å². The summed E-state index contributed by atoms with van der Waals surface area (Å²) in [6.45, 7) is 1.42. The quantitative estimate of drug-likeness (QED) is 0.585. The summed E-state index contributed by atoms with van der Waals surface area (Å²) in [6, 6.07) is 1.69. The molecule has 0 aliphatic heterocycles. The van der Waals surface area contributed by atoms with Crippen LogP contribution in [0.15, 0.2) is 0 Å². The first kappa shape index (κ1) is 13.6. The molecule has 0 bridgehead atoms. The lowest BCUT2D eigenvalue weighted by molar-refractivity contribution is -0.136. The number of hydrogen-bond acceptors (Lipinski definition) is 4. The Balaban J connectivity index is 4.17. The number of rotatable bonds is 6. The van der Waals surface area contributed by atoms with Crippen LogP contribution >= 0.6 is 0 Å². The van der Waals surface area contributed by atoms with Crippen LogP contribution in [0, 0.1) is 11.3 Å². The SMILES string of the molecule is CCC(C(=O)O)S(=O)CC(=O)NCC#N. The van der Waals surface area contributed by atoms with E-state index >= 15 is 0 Å². The number of amides is 1. The Kier molecular flexibility index (Phi) is 6.29. The second kappa shape index (κ2) is 6.95. The molecule has 2 N–H and O–H groups in total. The van der Waals surface area contributed by atoms with Gasteiger partial charge in [0.1, 0.15) is 17.5 Å². The first-order chi connectivity index (χ1) is 7.02. The number of hydrogen-bond donors (Lipinski definition) is 2. The van der Waals surface area contributed by atoms with Crippen LogP contribution in [0.4, 0.5) is 0 Å². The molecule has 0 spiro atoms. The predicted octanol–water partition coefficient (Wildman–Crippen LogP) is -0.762. The molecule has 0 aliphatic carbocycles. The molecule has 84 valence electrons. The van der Waals surface area contributed by atoms with E-state index in [4.69, 9.17) is 10.4 Å². The van der Waals surface area contributed by atoms with Crippen molar-refractivity contribution >= 4 is 22.7 Å². The van der Waals surface area contributed by atoms with Gasteiger partial charge in [-0.2, -0.15) is 5.26 Å². The number of carbonyl (C=O) groups excluding carboxylic acids is 1. The van der Waals surface area contributed by atoms with Crippen molar-refractivity contribution in [2.75, 3.05) is 12.3 Å². The molecule has 6 nitrogen and oxygen atoms in total. The summed E-state index contributed by atoms with van der Waals surface area (Å²) in [5.41, 5.74) is 0. The Morgan fingerprint density at radius 2 is 2.20 bits per heavy atom. The Labute approximate surface area is 89.7 Å². The zero-order valence-corrected chi connectivity index (χ0v) is 9.04. The van der Waals surface area contributed by atoms with Crippen LogP contribution in [0.3, 0.4) is 0 Å². The standard InChI is InChI=1S/C8H12N2O4S/c1-2-6(8(12)13)15(14)5-7(11)10-4-3-9/h6H,2,4-5H2,1H3,(H,10,11)(H,12,13). The minimum atomic E-state index is -1.74. The number of aliphatic carboxylic acids is 1. The van der Waals surface area contributed by atoms with Gasteiger partial charge in [-0.3, -0.25) is 13.8 Å². The maximum atomic E-state index is 11.4. The highest BCUT2D eigenvalue weighted by Gasteiger charge is 2.24. The number of nitriles is 1. The minimum Gasteiger partial charge on any atom is -0.480 e. The fourth-order valence-corrected chi connectivity index (χ4v) is 2.05. The van der Waals surface area contributed by atoms with Crippen LogP contribution in [-0.2, 0) is 20.4 Å². The van der Waals surface area contributed by atoms with Crippen molar-refractivity contribution in [3.8, 4) is 6.07 Å². The summed E-state index contributed by atoms with van der Waals surface area (Å²) in [7, 11) is -1.74. The van der Waals surface area contributed by atoms with Gasteiger partial charge >= 0.3 is 5.97 Å². The molecule has 0 aromatic carbocycles. The van der Waals surface area contributed by atoms with Crippen molar-refractivity contribution in [3.05, 3.63) is 0 Å². The monoisotopic (exact) mass is 232 g/mol. The average Bonchev–Trinajstić information content (AvgIpc) is 2.15. The maximum Gasteiger partial charge on any atom is 0.319 e. The molecule has 0 saturated heterocycles. The molecule has 0 aromatic heterocycles. The normalized spacial score (nSPS) is 13.6. The number of carboxylic acid groups (broad SMARTS) is 1. The molecule has 1 amide bonds. The summed E-state index contributed by atoms with van der Waals surface area (Å²) in [5.74, 6) is -2.13. The van der Waals surface area contributed by atoms with Crippen LogP contribution < -0.4 is 5.32 Å². The van der Waals surface area contributed by atoms with E-state index in [1.165, 1.54) is 0 Å². The van der Waals surface area contributed by atoms with Crippen LogP contribution in [0.1, 0.15) is 13.3 Å². The molecule has 0 fully saturated rings. The van der Waals surface area contributed by atoms with E-state index in [1.807, 2.05) is 0 Å². The third kappa shape index (κ3) is 5.12. The number of nitrogens with one attached hydrogen (secondary N) is 1. The van der Waals surface area contributed by atoms with E-state index in [1.54, 1.807) is 13.0 Å². The molecule has 0 aliphatic rings. The van der Waals surface area contributed by atoms with Gasteiger partial charge in [-0.15, -0.1) is 0 Å². The van der Waals surface area contributed by atoms with Crippen molar-refractivity contribution in [3.63, 3.8) is 0 Å². The lowest BCUT2D eigenvalue weighted by Gasteiger charge is -2.08. The van der Waals surface area contributed by atoms with Gasteiger partial charge in [-0.1, -0.05) is 6.92 Å². The minimum absolute atomic E-state index is 0.167. The fraction of sp³-hybridized carbons (Fsp3) is 0.625. The van der Waals surface area contributed by atoms with Gasteiger partial charge < -0.3 is 10.4 Å². The summed E-state index contributed by atoms with van der Waals surface area (Å²) in [5, 5.41) is 18.0. The van der Waals surface area contributed by atoms with Gasteiger partial charge in [0.25, 0.3) is 0 Å². The molecular formula is C8H12N2O4S. The highest BCUT2D eigenvalue weighted by molar-refractivity contribution is 7.87. The Bertz CT molecular complexity index is 310. The summed E-state index contributed by atoms with van der Waals surface area (Å²) >= 11 is 0.